The number of aromatic nitrogens is 2. The van der Waals surface area contributed by atoms with Crippen molar-refractivity contribution in [3.8, 4) is 5.75 Å². The molecule has 1 aromatic carbocycles. The van der Waals surface area contributed by atoms with Crippen LogP contribution in [0.1, 0.15) is 16.1 Å². The lowest BCUT2D eigenvalue weighted by atomic mass is 10.2. The molecule has 0 bridgehead atoms. The number of amidine groups is 1. The zero-order valence-electron chi connectivity index (χ0n) is 12.6. The quantitative estimate of drug-likeness (QED) is 0.210. The molecule has 0 unspecified atom stereocenters. The van der Waals surface area contributed by atoms with Gasteiger partial charge in [0.15, 0.2) is 12.4 Å². The molecule has 0 atom stereocenters. The minimum Gasteiger partial charge on any atom is -0.484 e. The summed E-state index contributed by atoms with van der Waals surface area (Å²) >= 11 is 0. The normalized spacial score (nSPS) is 11.0. The molecule has 2 aromatic rings. The van der Waals surface area contributed by atoms with E-state index in [1.165, 1.54) is 24.3 Å². The number of ether oxygens (including phenoxy) is 1. The highest BCUT2D eigenvalue weighted by Crippen LogP contribution is 2.12. The van der Waals surface area contributed by atoms with E-state index in [0.717, 1.165) is 6.07 Å². The van der Waals surface area contributed by atoms with Crippen LogP contribution in [0.25, 0.3) is 0 Å². The summed E-state index contributed by atoms with van der Waals surface area (Å²) in [5, 5.41) is 3.43. The van der Waals surface area contributed by atoms with Crippen molar-refractivity contribution < 1.29 is 19.2 Å². The van der Waals surface area contributed by atoms with E-state index in [2.05, 4.69) is 15.0 Å². The summed E-state index contributed by atoms with van der Waals surface area (Å²) in [7, 11) is 0. The fourth-order valence-corrected chi connectivity index (χ4v) is 1.65. The van der Waals surface area contributed by atoms with Gasteiger partial charge in [0.2, 0.25) is 0 Å². The van der Waals surface area contributed by atoms with E-state index in [4.69, 9.17) is 16.2 Å². The minimum absolute atomic E-state index is 0.137. The second-order valence-corrected chi connectivity index (χ2v) is 4.64. The number of carbonyl (C=O) groups excluding carboxylic acids is 2. The van der Waals surface area contributed by atoms with Crippen molar-refractivity contribution in [1.29, 1.82) is 0 Å². The molecule has 11 heteroatoms. The molecular formula is C14H13N5O6. The van der Waals surface area contributed by atoms with Gasteiger partial charge >= 0.3 is 11.7 Å². The van der Waals surface area contributed by atoms with Gasteiger partial charge in [-0.05, 0) is 24.3 Å². The second kappa shape index (κ2) is 7.59. The number of H-pyrrole nitrogens is 2. The Morgan fingerprint density at radius 2 is 1.76 bits per heavy atom. The standard InChI is InChI=1S/C14H13N5O6/c15-10(20)6-24-8-3-1-7(2-4-8)12(16)19-25-13(22)9-5-11(21)18-14(23)17-9/h1-5H,6H2,(H2,15,20)(H2,16,19)(H2,17,18,21,23). The summed E-state index contributed by atoms with van der Waals surface area (Å²) in [5.41, 5.74) is 9.03. The molecule has 1 heterocycles. The zero-order valence-corrected chi connectivity index (χ0v) is 12.6. The molecule has 0 fully saturated rings. The first-order valence-electron chi connectivity index (χ1n) is 6.75. The molecule has 11 nitrogen and oxygen atoms in total. The Bertz CT molecular complexity index is 899. The van der Waals surface area contributed by atoms with E-state index in [9.17, 15) is 19.2 Å². The van der Waals surface area contributed by atoms with Crippen molar-refractivity contribution in [2.24, 2.45) is 16.6 Å². The number of carbonyl (C=O) groups is 2. The van der Waals surface area contributed by atoms with Crippen LogP contribution >= 0.6 is 0 Å². The fourth-order valence-electron chi connectivity index (χ4n) is 1.65. The average molecular weight is 347 g/mol. The third-order valence-electron chi connectivity index (χ3n) is 2.74. The highest BCUT2D eigenvalue weighted by Gasteiger charge is 2.10. The molecule has 0 aliphatic rings. The Labute approximate surface area is 139 Å². The predicted octanol–water partition coefficient (Wildman–Crippen LogP) is -1.60. The molecule has 0 saturated heterocycles. The van der Waals surface area contributed by atoms with E-state index in [0.29, 0.717) is 11.3 Å². The third kappa shape index (κ3) is 5.06. The number of nitrogens with two attached hydrogens (primary N) is 2. The van der Waals surface area contributed by atoms with Gasteiger partial charge in [0, 0.05) is 11.6 Å². The maximum absolute atomic E-state index is 11.7. The Morgan fingerprint density at radius 1 is 1.08 bits per heavy atom. The molecule has 1 amide bonds. The SMILES string of the molecule is NC(=O)COc1ccc(/C(N)=N/OC(=O)c2cc(=O)[nH]c(=O)[nH]2)cc1. The van der Waals surface area contributed by atoms with Crippen LogP contribution in [0.3, 0.4) is 0 Å². The molecule has 130 valence electrons. The van der Waals surface area contributed by atoms with Crippen LogP contribution in [-0.4, -0.2) is 34.3 Å². The van der Waals surface area contributed by atoms with Crippen LogP contribution in [0.4, 0.5) is 0 Å². The van der Waals surface area contributed by atoms with Crippen molar-refractivity contribution in [2.75, 3.05) is 6.61 Å². The van der Waals surface area contributed by atoms with Gasteiger partial charge in [-0.1, -0.05) is 5.16 Å². The summed E-state index contributed by atoms with van der Waals surface area (Å²) in [5.74, 6) is -1.43. The number of rotatable bonds is 6. The van der Waals surface area contributed by atoms with E-state index in [-0.39, 0.29) is 18.1 Å². The molecule has 0 radical (unpaired) electrons. The van der Waals surface area contributed by atoms with Gasteiger partial charge in [0.1, 0.15) is 11.4 Å². The summed E-state index contributed by atoms with van der Waals surface area (Å²) in [4.78, 5) is 53.1. The molecule has 6 N–H and O–H groups in total. The molecule has 0 aliphatic carbocycles. The van der Waals surface area contributed by atoms with Gasteiger partial charge in [0.25, 0.3) is 11.5 Å². The van der Waals surface area contributed by atoms with Crippen LogP contribution in [0.5, 0.6) is 5.75 Å². The lowest BCUT2D eigenvalue weighted by Gasteiger charge is -2.05. The first kappa shape index (κ1) is 17.5. The lowest BCUT2D eigenvalue weighted by molar-refractivity contribution is -0.119. The number of nitrogens with one attached hydrogen (secondary N) is 2. The summed E-state index contributed by atoms with van der Waals surface area (Å²) in [6.45, 7) is -0.269. The zero-order chi connectivity index (χ0) is 18.4. The summed E-state index contributed by atoms with van der Waals surface area (Å²) < 4.78 is 5.07. The molecule has 0 aliphatic heterocycles. The van der Waals surface area contributed by atoms with E-state index >= 15 is 0 Å². The van der Waals surface area contributed by atoms with Gasteiger partial charge in [-0.25, -0.2) is 9.59 Å². The second-order valence-electron chi connectivity index (χ2n) is 4.64. The number of hydrogen-bond acceptors (Lipinski definition) is 7. The Kier molecular flexibility index (Phi) is 5.30. The molecule has 0 saturated carbocycles. The largest absolute Gasteiger partial charge is 0.484 e. The van der Waals surface area contributed by atoms with Gasteiger partial charge in [-0.15, -0.1) is 0 Å². The molecule has 2 rings (SSSR count). The van der Waals surface area contributed by atoms with Crippen LogP contribution in [0.15, 0.2) is 45.1 Å². The first-order chi connectivity index (χ1) is 11.8. The first-order valence-corrected chi connectivity index (χ1v) is 6.75. The van der Waals surface area contributed by atoms with Crippen molar-refractivity contribution in [3.63, 3.8) is 0 Å². The van der Waals surface area contributed by atoms with Gasteiger partial charge in [-0.3, -0.25) is 14.6 Å². The van der Waals surface area contributed by atoms with Crippen molar-refractivity contribution >= 4 is 17.7 Å². The molecule has 0 spiro atoms. The van der Waals surface area contributed by atoms with E-state index in [1.54, 1.807) is 0 Å². The fraction of sp³-hybridized carbons (Fsp3) is 0.0714. The lowest BCUT2D eigenvalue weighted by Crippen LogP contribution is -2.25. The Balaban J connectivity index is 2.05. The van der Waals surface area contributed by atoms with Crippen LogP contribution < -0.4 is 27.5 Å². The predicted molar refractivity (Wildman–Crippen MR) is 85.0 cm³/mol. The number of benzene rings is 1. The van der Waals surface area contributed by atoms with Gasteiger partial charge in [0.05, 0.1) is 0 Å². The van der Waals surface area contributed by atoms with Crippen molar-refractivity contribution in [3.05, 3.63) is 62.4 Å². The number of amides is 1. The number of hydrogen-bond donors (Lipinski definition) is 4. The number of oxime groups is 1. The highest BCUT2D eigenvalue weighted by atomic mass is 16.7. The topological polar surface area (TPSA) is 183 Å². The highest BCUT2D eigenvalue weighted by molar-refractivity contribution is 5.98. The van der Waals surface area contributed by atoms with Gasteiger partial charge in [-0.2, -0.15) is 0 Å². The molecule has 25 heavy (non-hydrogen) atoms. The van der Waals surface area contributed by atoms with Crippen LogP contribution in [0, 0.1) is 0 Å². The maximum atomic E-state index is 11.7. The monoisotopic (exact) mass is 347 g/mol. The Morgan fingerprint density at radius 3 is 2.36 bits per heavy atom. The van der Waals surface area contributed by atoms with Crippen LogP contribution in [-0.2, 0) is 9.63 Å². The number of primary amides is 1. The van der Waals surface area contributed by atoms with Crippen LogP contribution in [0.2, 0.25) is 0 Å². The average Bonchev–Trinajstić information content (AvgIpc) is 2.57. The van der Waals surface area contributed by atoms with Gasteiger partial charge < -0.3 is 26.0 Å². The summed E-state index contributed by atoms with van der Waals surface area (Å²) in [6, 6.07) is 6.89. The summed E-state index contributed by atoms with van der Waals surface area (Å²) in [6.07, 6.45) is 0. The smallest absolute Gasteiger partial charge is 0.382 e. The molecule has 1 aromatic heterocycles. The number of aromatic amines is 2. The Hall–Kier alpha value is -3.89. The van der Waals surface area contributed by atoms with E-state index in [1.807, 2.05) is 4.98 Å². The van der Waals surface area contributed by atoms with E-state index < -0.39 is 23.1 Å². The van der Waals surface area contributed by atoms with Crippen molar-refractivity contribution in [1.82, 2.24) is 9.97 Å². The number of nitrogens with zero attached hydrogens (tertiary/aromatic N) is 1. The van der Waals surface area contributed by atoms with Crippen molar-refractivity contribution in [2.45, 2.75) is 0 Å². The minimum atomic E-state index is -1.06. The molecular weight excluding hydrogens is 334 g/mol. The third-order valence-corrected chi connectivity index (χ3v) is 2.74. The maximum Gasteiger partial charge on any atom is 0.382 e.